The number of benzene rings is 1. The number of rotatable bonds is 3. The van der Waals surface area contributed by atoms with Crippen molar-refractivity contribution in [3.8, 4) is 5.88 Å². The van der Waals surface area contributed by atoms with E-state index in [-0.39, 0.29) is 0 Å². The SMILES string of the molecule is COc1cccc(CN2CCCNc3ccccc32)n1. The molecular weight excluding hydrogens is 250 g/mol. The molecule has 1 aliphatic heterocycles. The Kier molecular flexibility index (Phi) is 3.72. The average molecular weight is 269 g/mol. The van der Waals surface area contributed by atoms with Crippen molar-refractivity contribution in [3.63, 3.8) is 0 Å². The minimum absolute atomic E-state index is 0.670. The van der Waals surface area contributed by atoms with Gasteiger partial charge in [0.1, 0.15) is 0 Å². The molecule has 0 spiro atoms. The van der Waals surface area contributed by atoms with E-state index in [0.717, 1.165) is 31.7 Å². The van der Waals surface area contributed by atoms with Crippen LogP contribution in [0.4, 0.5) is 11.4 Å². The summed E-state index contributed by atoms with van der Waals surface area (Å²) in [5.74, 6) is 0.670. The van der Waals surface area contributed by atoms with Crippen molar-refractivity contribution < 1.29 is 4.74 Å². The molecule has 4 nitrogen and oxygen atoms in total. The third-order valence-corrected chi connectivity index (χ3v) is 3.51. The molecule has 1 aromatic heterocycles. The number of fused-ring (bicyclic) bond motifs is 1. The van der Waals surface area contributed by atoms with Crippen LogP contribution in [0, 0.1) is 0 Å². The van der Waals surface area contributed by atoms with E-state index in [1.165, 1.54) is 11.4 Å². The fraction of sp³-hybridized carbons (Fsp3) is 0.312. The van der Waals surface area contributed by atoms with Crippen LogP contribution in [0.25, 0.3) is 0 Å². The molecule has 1 N–H and O–H groups in total. The Morgan fingerprint density at radius 3 is 3.00 bits per heavy atom. The lowest BCUT2D eigenvalue weighted by atomic mass is 10.2. The summed E-state index contributed by atoms with van der Waals surface area (Å²) in [4.78, 5) is 6.88. The highest BCUT2D eigenvalue weighted by Gasteiger charge is 2.15. The minimum atomic E-state index is 0.670. The molecule has 0 aliphatic carbocycles. The minimum Gasteiger partial charge on any atom is -0.481 e. The van der Waals surface area contributed by atoms with Crippen molar-refractivity contribution in [2.24, 2.45) is 0 Å². The van der Waals surface area contributed by atoms with Crippen molar-refractivity contribution >= 4 is 11.4 Å². The second-order valence-corrected chi connectivity index (χ2v) is 4.89. The van der Waals surface area contributed by atoms with Crippen molar-refractivity contribution in [1.82, 2.24) is 4.98 Å². The molecule has 0 radical (unpaired) electrons. The maximum absolute atomic E-state index is 5.20. The summed E-state index contributed by atoms with van der Waals surface area (Å²) < 4.78 is 5.20. The molecule has 0 saturated carbocycles. The van der Waals surface area contributed by atoms with Gasteiger partial charge in [0.15, 0.2) is 0 Å². The van der Waals surface area contributed by atoms with Crippen LogP contribution in [-0.4, -0.2) is 25.2 Å². The lowest BCUT2D eigenvalue weighted by molar-refractivity contribution is 0.396. The summed E-state index contributed by atoms with van der Waals surface area (Å²) >= 11 is 0. The summed E-state index contributed by atoms with van der Waals surface area (Å²) in [6, 6.07) is 14.4. The summed E-state index contributed by atoms with van der Waals surface area (Å²) in [6.07, 6.45) is 1.12. The first-order chi connectivity index (χ1) is 9.86. The third-order valence-electron chi connectivity index (χ3n) is 3.51. The molecule has 3 rings (SSSR count). The van der Waals surface area contributed by atoms with Gasteiger partial charge in [-0.2, -0.15) is 0 Å². The number of methoxy groups -OCH3 is 1. The van der Waals surface area contributed by atoms with E-state index in [0.29, 0.717) is 5.88 Å². The predicted octanol–water partition coefficient (Wildman–Crippen LogP) is 2.91. The Hall–Kier alpha value is -2.23. The van der Waals surface area contributed by atoms with E-state index in [1.54, 1.807) is 7.11 Å². The van der Waals surface area contributed by atoms with Crippen LogP contribution in [-0.2, 0) is 6.54 Å². The molecule has 1 aromatic carbocycles. The zero-order valence-corrected chi connectivity index (χ0v) is 11.7. The number of anilines is 2. The smallest absolute Gasteiger partial charge is 0.213 e. The summed E-state index contributed by atoms with van der Waals surface area (Å²) in [7, 11) is 1.65. The second kappa shape index (κ2) is 5.82. The van der Waals surface area contributed by atoms with Gasteiger partial charge >= 0.3 is 0 Å². The topological polar surface area (TPSA) is 37.4 Å². The Balaban J connectivity index is 1.86. The lowest BCUT2D eigenvalue weighted by Gasteiger charge is -2.24. The van der Waals surface area contributed by atoms with Crippen molar-refractivity contribution in [1.29, 1.82) is 0 Å². The first kappa shape index (κ1) is 12.8. The quantitative estimate of drug-likeness (QED) is 0.929. The Bertz CT molecular complexity index is 585. The van der Waals surface area contributed by atoms with Crippen LogP contribution in [0.15, 0.2) is 42.5 Å². The summed E-state index contributed by atoms with van der Waals surface area (Å²) in [5, 5.41) is 3.48. The first-order valence-corrected chi connectivity index (χ1v) is 6.94. The van der Waals surface area contributed by atoms with Gasteiger partial charge in [0.25, 0.3) is 0 Å². The van der Waals surface area contributed by atoms with Gasteiger partial charge in [-0.15, -0.1) is 0 Å². The predicted molar refractivity (Wildman–Crippen MR) is 81.4 cm³/mol. The molecule has 0 amide bonds. The molecule has 0 bridgehead atoms. The lowest BCUT2D eigenvalue weighted by Crippen LogP contribution is -2.23. The Labute approximate surface area is 119 Å². The number of aromatic nitrogens is 1. The van der Waals surface area contributed by atoms with E-state index >= 15 is 0 Å². The van der Waals surface area contributed by atoms with Gasteiger partial charge in [0, 0.05) is 19.2 Å². The van der Waals surface area contributed by atoms with Crippen LogP contribution in [0.3, 0.4) is 0 Å². The van der Waals surface area contributed by atoms with E-state index in [9.17, 15) is 0 Å². The van der Waals surface area contributed by atoms with Crippen molar-refractivity contribution in [2.45, 2.75) is 13.0 Å². The van der Waals surface area contributed by atoms with Crippen LogP contribution in [0.1, 0.15) is 12.1 Å². The highest BCUT2D eigenvalue weighted by molar-refractivity contribution is 5.70. The highest BCUT2D eigenvalue weighted by atomic mass is 16.5. The van der Waals surface area contributed by atoms with Gasteiger partial charge in [0.2, 0.25) is 5.88 Å². The van der Waals surface area contributed by atoms with E-state index in [4.69, 9.17) is 4.74 Å². The molecule has 2 heterocycles. The van der Waals surface area contributed by atoms with E-state index in [1.807, 2.05) is 18.2 Å². The van der Waals surface area contributed by atoms with E-state index < -0.39 is 0 Å². The molecule has 4 heteroatoms. The second-order valence-electron chi connectivity index (χ2n) is 4.89. The van der Waals surface area contributed by atoms with Crippen LogP contribution in [0.2, 0.25) is 0 Å². The molecule has 20 heavy (non-hydrogen) atoms. The number of nitrogens with one attached hydrogen (secondary N) is 1. The van der Waals surface area contributed by atoms with Crippen LogP contribution < -0.4 is 15.0 Å². The standard InChI is InChI=1S/C16H19N3O/c1-20-16-9-4-6-13(18-16)12-19-11-5-10-17-14-7-2-3-8-15(14)19/h2-4,6-9,17H,5,10-12H2,1H3. The number of pyridine rings is 1. The van der Waals surface area contributed by atoms with Gasteiger partial charge in [-0.05, 0) is 24.6 Å². The molecule has 0 atom stereocenters. The number of hydrogen-bond donors (Lipinski definition) is 1. The molecular formula is C16H19N3O. The average Bonchev–Trinajstić information content (AvgIpc) is 2.70. The summed E-state index contributed by atoms with van der Waals surface area (Å²) in [5.41, 5.74) is 3.48. The van der Waals surface area contributed by atoms with E-state index in [2.05, 4.69) is 39.5 Å². The maximum atomic E-state index is 5.20. The molecule has 0 saturated heterocycles. The normalized spacial score (nSPS) is 14.2. The molecule has 0 unspecified atom stereocenters. The van der Waals surface area contributed by atoms with Crippen LogP contribution in [0.5, 0.6) is 5.88 Å². The number of ether oxygens (including phenoxy) is 1. The van der Waals surface area contributed by atoms with Gasteiger partial charge in [0.05, 0.1) is 30.7 Å². The fourth-order valence-electron chi connectivity index (χ4n) is 2.53. The third kappa shape index (κ3) is 2.69. The van der Waals surface area contributed by atoms with Crippen LogP contribution >= 0.6 is 0 Å². The van der Waals surface area contributed by atoms with Crippen molar-refractivity contribution in [3.05, 3.63) is 48.2 Å². The number of nitrogens with zero attached hydrogens (tertiary/aromatic N) is 2. The number of para-hydroxylation sites is 2. The Morgan fingerprint density at radius 1 is 1.20 bits per heavy atom. The zero-order chi connectivity index (χ0) is 13.8. The van der Waals surface area contributed by atoms with Gasteiger partial charge in [-0.1, -0.05) is 18.2 Å². The molecule has 0 fully saturated rings. The zero-order valence-electron chi connectivity index (χ0n) is 11.7. The van der Waals surface area contributed by atoms with Gasteiger partial charge in [-0.25, -0.2) is 4.98 Å². The van der Waals surface area contributed by atoms with Gasteiger partial charge in [-0.3, -0.25) is 0 Å². The fourth-order valence-corrected chi connectivity index (χ4v) is 2.53. The molecule has 1 aliphatic rings. The highest BCUT2D eigenvalue weighted by Crippen LogP contribution is 2.29. The molecule has 104 valence electrons. The van der Waals surface area contributed by atoms with Crippen molar-refractivity contribution in [2.75, 3.05) is 30.4 Å². The maximum Gasteiger partial charge on any atom is 0.213 e. The monoisotopic (exact) mass is 269 g/mol. The summed E-state index contributed by atoms with van der Waals surface area (Å²) in [6.45, 7) is 2.85. The first-order valence-electron chi connectivity index (χ1n) is 6.94. The Morgan fingerprint density at radius 2 is 2.10 bits per heavy atom. The molecule has 2 aromatic rings. The van der Waals surface area contributed by atoms with Gasteiger partial charge < -0.3 is 15.0 Å². The number of hydrogen-bond acceptors (Lipinski definition) is 4. The largest absolute Gasteiger partial charge is 0.481 e.